The van der Waals surface area contributed by atoms with E-state index in [2.05, 4.69) is 10.3 Å². The molecule has 0 bridgehead atoms. The summed E-state index contributed by atoms with van der Waals surface area (Å²) in [5.74, 6) is -0.123. The lowest BCUT2D eigenvalue weighted by atomic mass is 10.1. The lowest BCUT2D eigenvalue weighted by Crippen LogP contribution is -2.36. The number of aliphatic hydroxyl groups excluding tert-OH is 1. The first-order chi connectivity index (χ1) is 14.3. The van der Waals surface area contributed by atoms with Gasteiger partial charge >= 0.3 is 11.1 Å². The molecule has 0 spiro atoms. The van der Waals surface area contributed by atoms with Crippen LogP contribution in [0.1, 0.15) is 17.3 Å². The summed E-state index contributed by atoms with van der Waals surface area (Å²) in [7, 11) is 0. The van der Waals surface area contributed by atoms with E-state index in [9.17, 15) is 19.5 Å². The van der Waals surface area contributed by atoms with Crippen LogP contribution in [0.15, 0.2) is 46.0 Å². The maximum Gasteiger partial charge on any atom is 0.316 e. The third-order valence-electron chi connectivity index (χ3n) is 4.40. The Labute approximate surface area is 181 Å². The summed E-state index contributed by atoms with van der Waals surface area (Å²) in [5, 5.41) is 13.2. The van der Waals surface area contributed by atoms with Crippen LogP contribution >= 0.6 is 23.2 Å². The maximum absolute atomic E-state index is 12.4. The fourth-order valence-corrected chi connectivity index (χ4v) is 3.23. The first-order valence-corrected chi connectivity index (χ1v) is 9.87. The van der Waals surface area contributed by atoms with Gasteiger partial charge in [0.05, 0.1) is 16.1 Å². The van der Waals surface area contributed by atoms with Crippen LogP contribution in [0.25, 0.3) is 11.0 Å². The quantitative estimate of drug-likeness (QED) is 0.476. The standard InChI is InChI=1S/C20H19Cl2N3O5/c1-2-25-15-7-6-11(8-14(15)24-19(28)20(25)29)18(27)23-9-12(26)10-30-16-5-3-4-13(21)17(16)22/h3-8,12,26H,2,9-10H2,1H3,(H,23,27)(H,24,28). The van der Waals surface area contributed by atoms with Crippen LogP contribution in [0.2, 0.25) is 10.0 Å². The molecule has 3 N–H and O–H groups in total. The normalized spacial score (nSPS) is 12.0. The Hall–Kier alpha value is -2.81. The summed E-state index contributed by atoms with van der Waals surface area (Å²) in [6, 6.07) is 9.50. The number of aliphatic hydroxyl groups is 1. The number of hydrogen-bond acceptors (Lipinski definition) is 5. The number of H-pyrrole nitrogens is 1. The van der Waals surface area contributed by atoms with Crippen molar-refractivity contribution in [3.8, 4) is 5.75 Å². The lowest BCUT2D eigenvalue weighted by Gasteiger charge is -2.15. The van der Waals surface area contributed by atoms with E-state index >= 15 is 0 Å². The largest absolute Gasteiger partial charge is 0.489 e. The Balaban J connectivity index is 1.65. The minimum absolute atomic E-state index is 0.0694. The zero-order chi connectivity index (χ0) is 21.8. The van der Waals surface area contributed by atoms with E-state index < -0.39 is 23.1 Å². The second-order valence-corrected chi connectivity index (χ2v) is 7.25. The van der Waals surface area contributed by atoms with Gasteiger partial charge in [-0.3, -0.25) is 14.4 Å². The second kappa shape index (κ2) is 9.34. The van der Waals surface area contributed by atoms with Crippen LogP contribution in [0, 0.1) is 0 Å². The van der Waals surface area contributed by atoms with Crippen molar-refractivity contribution in [3.05, 3.63) is 72.7 Å². The van der Waals surface area contributed by atoms with Gasteiger partial charge in [-0.25, -0.2) is 0 Å². The number of carbonyl (C=O) groups excluding carboxylic acids is 1. The summed E-state index contributed by atoms with van der Waals surface area (Å²) in [4.78, 5) is 38.6. The molecule has 3 aromatic rings. The summed E-state index contributed by atoms with van der Waals surface area (Å²) in [6.45, 7) is 1.91. The summed E-state index contributed by atoms with van der Waals surface area (Å²) in [6.07, 6.45) is -0.991. The van der Waals surface area contributed by atoms with Gasteiger partial charge in [0.2, 0.25) is 0 Å². The number of nitrogens with zero attached hydrogens (tertiary/aromatic N) is 1. The average Bonchev–Trinajstić information content (AvgIpc) is 2.73. The summed E-state index contributed by atoms with van der Waals surface area (Å²) in [5.41, 5.74) is -0.246. The molecular weight excluding hydrogens is 433 g/mol. The Morgan fingerprint density at radius 3 is 2.77 bits per heavy atom. The predicted molar refractivity (Wildman–Crippen MR) is 115 cm³/mol. The van der Waals surface area contributed by atoms with Gasteiger partial charge in [-0.05, 0) is 37.3 Å². The molecule has 0 saturated carbocycles. The number of amides is 1. The van der Waals surface area contributed by atoms with E-state index in [1.54, 1.807) is 31.2 Å². The first-order valence-electron chi connectivity index (χ1n) is 9.11. The number of nitrogens with one attached hydrogen (secondary N) is 2. The van der Waals surface area contributed by atoms with Crippen molar-refractivity contribution in [3.63, 3.8) is 0 Å². The number of benzene rings is 2. The first kappa shape index (κ1) is 21.9. The molecule has 0 saturated heterocycles. The molecule has 1 atom stereocenters. The molecule has 1 heterocycles. The van der Waals surface area contributed by atoms with Gasteiger partial charge in [0, 0.05) is 18.7 Å². The van der Waals surface area contributed by atoms with E-state index in [4.69, 9.17) is 27.9 Å². The number of ether oxygens (including phenoxy) is 1. The molecule has 0 fully saturated rings. The number of halogens is 2. The fourth-order valence-electron chi connectivity index (χ4n) is 2.89. The third kappa shape index (κ3) is 4.67. The minimum atomic E-state index is -0.991. The van der Waals surface area contributed by atoms with Gasteiger partial charge in [0.25, 0.3) is 5.91 Å². The number of rotatable bonds is 7. The predicted octanol–water partition coefficient (Wildman–Crippen LogP) is 2.19. The van der Waals surface area contributed by atoms with Gasteiger partial charge < -0.3 is 24.7 Å². The average molecular weight is 452 g/mol. The highest BCUT2D eigenvalue weighted by Crippen LogP contribution is 2.31. The molecule has 0 aliphatic heterocycles. The molecule has 10 heteroatoms. The number of hydrogen-bond donors (Lipinski definition) is 3. The van der Waals surface area contributed by atoms with Crippen molar-refractivity contribution >= 4 is 40.1 Å². The Morgan fingerprint density at radius 1 is 1.27 bits per heavy atom. The van der Waals surface area contributed by atoms with Crippen LogP contribution in [-0.4, -0.2) is 39.8 Å². The Morgan fingerprint density at radius 2 is 2.03 bits per heavy atom. The highest BCUT2D eigenvalue weighted by atomic mass is 35.5. The fraction of sp³-hybridized carbons (Fsp3) is 0.250. The Bertz CT molecular complexity index is 1210. The molecule has 8 nitrogen and oxygen atoms in total. The Kier molecular flexibility index (Phi) is 6.81. The highest BCUT2D eigenvalue weighted by molar-refractivity contribution is 6.42. The van der Waals surface area contributed by atoms with Crippen molar-refractivity contribution in [1.82, 2.24) is 14.9 Å². The zero-order valence-electron chi connectivity index (χ0n) is 15.9. The van der Waals surface area contributed by atoms with Crippen molar-refractivity contribution in [2.75, 3.05) is 13.2 Å². The van der Waals surface area contributed by atoms with E-state index in [0.717, 1.165) is 0 Å². The van der Waals surface area contributed by atoms with Crippen molar-refractivity contribution in [2.45, 2.75) is 19.6 Å². The van der Waals surface area contributed by atoms with Crippen molar-refractivity contribution < 1.29 is 14.6 Å². The smallest absolute Gasteiger partial charge is 0.316 e. The van der Waals surface area contributed by atoms with E-state index in [1.807, 2.05) is 0 Å². The molecule has 0 aliphatic carbocycles. The van der Waals surface area contributed by atoms with Crippen LogP contribution in [0.4, 0.5) is 0 Å². The number of aryl methyl sites for hydroxylation is 1. The molecule has 1 aromatic heterocycles. The van der Waals surface area contributed by atoms with Crippen LogP contribution in [0.5, 0.6) is 5.75 Å². The highest BCUT2D eigenvalue weighted by Gasteiger charge is 2.14. The molecule has 2 aromatic carbocycles. The molecule has 3 rings (SSSR count). The number of fused-ring (bicyclic) bond motifs is 1. The molecule has 0 radical (unpaired) electrons. The summed E-state index contributed by atoms with van der Waals surface area (Å²) < 4.78 is 6.77. The monoisotopic (exact) mass is 451 g/mol. The van der Waals surface area contributed by atoms with E-state index in [-0.39, 0.29) is 23.7 Å². The van der Waals surface area contributed by atoms with E-state index in [0.29, 0.717) is 28.4 Å². The van der Waals surface area contributed by atoms with Gasteiger partial charge in [0.1, 0.15) is 23.5 Å². The second-order valence-electron chi connectivity index (χ2n) is 6.46. The SMILES string of the molecule is CCn1c(=O)c(=O)[nH]c2cc(C(=O)NCC(O)COc3cccc(Cl)c3Cl)ccc21. The maximum atomic E-state index is 12.4. The van der Waals surface area contributed by atoms with Crippen LogP contribution in [-0.2, 0) is 6.54 Å². The number of aromatic amines is 1. The molecule has 1 amide bonds. The topological polar surface area (TPSA) is 113 Å². The molecule has 30 heavy (non-hydrogen) atoms. The molecule has 0 aliphatic rings. The molecule has 158 valence electrons. The van der Waals surface area contributed by atoms with Crippen molar-refractivity contribution in [1.29, 1.82) is 0 Å². The molecule has 1 unspecified atom stereocenters. The van der Waals surface area contributed by atoms with Crippen molar-refractivity contribution in [2.24, 2.45) is 0 Å². The lowest BCUT2D eigenvalue weighted by molar-refractivity contribution is 0.0844. The zero-order valence-corrected chi connectivity index (χ0v) is 17.5. The summed E-state index contributed by atoms with van der Waals surface area (Å²) >= 11 is 11.9. The van der Waals surface area contributed by atoms with Gasteiger partial charge in [0.15, 0.2) is 0 Å². The number of aromatic nitrogens is 2. The van der Waals surface area contributed by atoms with Gasteiger partial charge in [-0.2, -0.15) is 0 Å². The minimum Gasteiger partial charge on any atom is -0.489 e. The van der Waals surface area contributed by atoms with Crippen LogP contribution in [0.3, 0.4) is 0 Å². The van der Waals surface area contributed by atoms with Gasteiger partial charge in [-0.1, -0.05) is 29.3 Å². The molecular formula is C20H19Cl2N3O5. The third-order valence-corrected chi connectivity index (χ3v) is 5.20. The number of carbonyl (C=O) groups is 1. The van der Waals surface area contributed by atoms with Crippen LogP contribution < -0.4 is 21.2 Å². The van der Waals surface area contributed by atoms with Gasteiger partial charge in [-0.15, -0.1) is 0 Å². The van der Waals surface area contributed by atoms with E-state index in [1.165, 1.54) is 16.7 Å².